The summed E-state index contributed by atoms with van der Waals surface area (Å²) in [5, 5.41) is 12.0. The highest BCUT2D eigenvalue weighted by Gasteiger charge is 2.25. The Kier molecular flexibility index (Phi) is 8.14. The summed E-state index contributed by atoms with van der Waals surface area (Å²) in [6.07, 6.45) is 0.0768. The lowest BCUT2D eigenvalue weighted by atomic mass is 9.98. The molecule has 2 aromatic rings. The van der Waals surface area contributed by atoms with E-state index in [0.717, 1.165) is 33.8 Å². The minimum atomic E-state index is -1.12. The molecule has 32 heavy (non-hydrogen) atoms. The molecule has 0 aromatic heterocycles. The van der Waals surface area contributed by atoms with E-state index in [2.05, 4.69) is 5.32 Å². The minimum absolute atomic E-state index is 0.129. The summed E-state index contributed by atoms with van der Waals surface area (Å²) >= 11 is 0. The Morgan fingerprint density at radius 2 is 1.78 bits per heavy atom. The van der Waals surface area contributed by atoms with E-state index in [1.807, 2.05) is 51.1 Å². The molecule has 7 heteroatoms. The van der Waals surface area contributed by atoms with Gasteiger partial charge in [-0.05, 0) is 81.5 Å². The number of hydrogen-bond donors (Lipinski definition) is 2. The van der Waals surface area contributed by atoms with Gasteiger partial charge in [-0.3, -0.25) is 0 Å². The number of carboxylic acids is 1. The second-order valence-electron chi connectivity index (χ2n) is 8.73. The third-order valence-electron chi connectivity index (χ3n) is 4.81. The zero-order chi connectivity index (χ0) is 24.1. The van der Waals surface area contributed by atoms with E-state index in [9.17, 15) is 14.7 Å². The van der Waals surface area contributed by atoms with E-state index in [1.165, 1.54) is 0 Å². The van der Waals surface area contributed by atoms with Crippen LogP contribution >= 0.6 is 0 Å². The van der Waals surface area contributed by atoms with Crippen molar-refractivity contribution in [2.75, 3.05) is 7.11 Å². The van der Waals surface area contributed by atoms with Crippen molar-refractivity contribution >= 4 is 12.1 Å². The molecule has 0 bridgehead atoms. The lowest BCUT2D eigenvalue weighted by Gasteiger charge is -2.22. The van der Waals surface area contributed by atoms with Gasteiger partial charge in [0.25, 0.3) is 0 Å². The predicted molar refractivity (Wildman–Crippen MR) is 123 cm³/mol. The van der Waals surface area contributed by atoms with Crippen LogP contribution < -0.4 is 14.8 Å². The van der Waals surface area contributed by atoms with E-state index in [-0.39, 0.29) is 6.42 Å². The molecule has 1 amide bonds. The van der Waals surface area contributed by atoms with Crippen molar-refractivity contribution in [3.8, 4) is 17.2 Å². The number of carbonyl (C=O) groups is 2. The van der Waals surface area contributed by atoms with Gasteiger partial charge in [0.05, 0.1) is 7.11 Å². The zero-order valence-electron chi connectivity index (χ0n) is 19.9. The van der Waals surface area contributed by atoms with Crippen molar-refractivity contribution < 1.29 is 28.9 Å². The number of methoxy groups -OCH3 is 1. The standard InChI is InChI=1S/C25H33NO6/c1-8-18-13-17(14-20(23(27)28)26-24(29)32-25(4,5)6)11-16(3)22(18)31-19-9-10-21(30-7)15(2)12-19/h9-13,20H,8,14H2,1-7H3,(H,26,29)(H,27,28). The maximum absolute atomic E-state index is 12.1. The SMILES string of the molecule is CCc1cc(CC(NC(=O)OC(C)(C)C)C(=O)O)cc(C)c1Oc1ccc(OC)c(C)c1. The summed E-state index contributed by atoms with van der Waals surface area (Å²) in [5.41, 5.74) is 2.89. The average Bonchev–Trinajstić information content (AvgIpc) is 2.67. The van der Waals surface area contributed by atoms with Gasteiger partial charge in [-0.25, -0.2) is 9.59 Å². The Morgan fingerprint density at radius 1 is 1.09 bits per heavy atom. The number of benzene rings is 2. The van der Waals surface area contributed by atoms with Gasteiger partial charge in [0.15, 0.2) is 0 Å². The molecule has 0 radical (unpaired) electrons. The van der Waals surface area contributed by atoms with Crippen LogP contribution in [0, 0.1) is 13.8 Å². The molecule has 0 spiro atoms. The van der Waals surface area contributed by atoms with E-state index in [1.54, 1.807) is 27.9 Å². The fourth-order valence-corrected chi connectivity index (χ4v) is 3.37. The first-order valence-corrected chi connectivity index (χ1v) is 10.6. The molecule has 174 valence electrons. The summed E-state index contributed by atoms with van der Waals surface area (Å²) in [7, 11) is 1.63. The van der Waals surface area contributed by atoms with Crippen molar-refractivity contribution in [3.63, 3.8) is 0 Å². The summed E-state index contributed by atoms with van der Waals surface area (Å²) in [6, 6.07) is 8.33. The van der Waals surface area contributed by atoms with Gasteiger partial charge in [-0.15, -0.1) is 0 Å². The van der Waals surface area contributed by atoms with Crippen molar-refractivity contribution in [2.45, 2.75) is 66.0 Å². The largest absolute Gasteiger partial charge is 0.496 e. The van der Waals surface area contributed by atoms with Gasteiger partial charge in [-0.2, -0.15) is 0 Å². The molecule has 0 fully saturated rings. The summed E-state index contributed by atoms with van der Waals surface area (Å²) < 4.78 is 16.7. The second kappa shape index (κ2) is 10.4. The molecule has 0 saturated heterocycles. The van der Waals surface area contributed by atoms with Crippen LogP contribution in [0.3, 0.4) is 0 Å². The molecule has 2 rings (SSSR count). The number of ether oxygens (including phenoxy) is 3. The number of aliphatic carboxylic acids is 1. The molecule has 1 unspecified atom stereocenters. The third kappa shape index (κ3) is 6.90. The molecule has 0 aliphatic rings. The third-order valence-corrected chi connectivity index (χ3v) is 4.81. The van der Waals surface area contributed by atoms with Crippen LogP contribution in [-0.4, -0.2) is 35.9 Å². The highest BCUT2D eigenvalue weighted by molar-refractivity contribution is 5.80. The Balaban J connectivity index is 2.25. The van der Waals surface area contributed by atoms with Crippen molar-refractivity contribution in [3.05, 3.63) is 52.6 Å². The fourth-order valence-electron chi connectivity index (χ4n) is 3.37. The van der Waals surface area contributed by atoms with Crippen molar-refractivity contribution in [2.24, 2.45) is 0 Å². The van der Waals surface area contributed by atoms with Crippen LogP contribution in [0.25, 0.3) is 0 Å². The number of rotatable bonds is 8. The van der Waals surface area contributed by atoms with Gasteiger partial charge in [0.2, 0.25) is 0 Å². The first kappa shape index (κ1) is 25.0. The topological polar surface area (TPSA) is 94.1 Å². The number of carbonyl (C=O) groups excluding carboxylic acids is 1. The maximum atomic E-state index is 12.1. The van der Waals surface area contributed by atoms with Crippen LogP contribution in [0.1, 0.15) is 49.9 Å². The highest BCUT2D eigenvalue weighted by atomic mass is 16.6. The van der Waals surface area contributed by atoms with Gasteiger partial charge < -0.3 is 24.6 Å². The van der Waals surface area contributed by atoms with E-state index in [0.29, 0.717) is 12.2 Å². The first-order chi connectivity index (χ1) is 14.9. The number of carboxylic acid groups (broad SMARTS) is 1. The second-order valence-corrected chi connectivity index (χ2v) is 8.73. The normalized spacial score (nSPS) is 12.1. The van der Waals surface area contributed by atoms with Crippen LogP contribution in [-0.2, 0) is 22.4 Å². The van der Waals surface area contributed by atoms with E-state index < -0.39 is 23.7 Å². The molecule has 0 aliphatic carbocycles. The number of hydrogen-bond acceptors (Lipinski definition) is 5. The zero-order valence-corrected chi connectivity index (χ0v) is 19.9. The molecular formula is C25H33NO6. The maximum Gasteiger partial charge on any atom is 0.408 e. The number of aryl methyl sites for hydroxylation is 3. The predicted octanol–water partition coefficient (Wildman–Crippen LogP) is 5.19. The monoisotopic (exact) mass is 443 g/mol. The molecule has 2 aromatic carbocycles. The molecule has 7 nitrogen and oxygen atoms in total. The lowest BCUT2D eigenvalue weighted by Crippen LogP contribution is -2.44. The summed E-state index contributed by atoms with van der Waals surface area (Å²) in [4.78, 5) is 23.8. The van der Waals surface area contributed by atoms with Crippen LogP contribution in [0.4, 0.5) is 4.79 Å². The fraction of sp³-hybridized carbons (Fsp3) is 0.440. The van der Waals surface area contributed by atoms with Crippen LogP contribution in [0.15, 0.2) is 30.3 Å². The van der Waals surface area contributed by atoms with Gasteiger partial charge in [0, 0.05) is 6.42 Å². The Labute approximate surface area is 189 Å². The molecule has 2 N–H and O–H groups in total. The molecule has 0 heterocycles. The number of alkyl carbamates (subject to hydrolysis) is 1. The van der Waals surface area contributed by atoms with E-state index in [4.69, 9.17) is 14.2 Å². The van der Waals surface area contributed by atoms with Gasteiger partial charge >= 0.3 is 12.1 Å². The van der Waals surface area contributed by atoms with Crippen molar-refractivity contribution in [1.29, 1.82) is 0 Å². The van der Waals surface area contributed by atoms with Crippen molar-refractivity contribution in [1.82, 2.24) is 5.32 Å². The highest BCUT2D eigenvalue weighted by Crippen LogP contribution is 2.33. The Bertz CT molecular complexity index is 977. The Hall–Kier alpha value is -3.22. The lowest BCUT2D eigenvalue weighted by molar-refractivity contribution is -0.139. The van der Waals surface area contributed by atoms with E-state index >= 15 is 0 Å². The smallest absolute Gasteiger partial charge is 0.408 e. The quantitative estimate of drug-likeness (QED) is 0.583. The van der Waals surface area contributed by atoms with Crippen LogP contribution in [0.5, 0.6) is 17.2 Å². The summed E-state index contributed by atoms with van der Waals surface area (Å²) in [6.45, 7) is 11.1. The average molecular weight is 444 g/mol. The molecular weight excluding hydrogens is 410 g/mol. The van der Waals surface area contributed by atoms with Gasteiger partial charge in [0.1, 0.15) is 28.9 Å². The number of amides is 1. The Morgan fingerprint density at radius 3 is 2.31 bits per heavy atom. The molecule has 0 aliphatic heterocycles. The van der Waals surface area contributed by atoms with Gasteiger partial charge in [-0.1, -0.05) is 19.1 Å². The molecule has 0 saturated carbocycles. The first-order valence-electron chi connectivity index (χ1n) is 10.6. The molecule has 1 atom stereocenters. The minimum Gasteiger partial charge on any atom is -0.496 e. The summed E-state index contributed by atoms with van der Waals surface area (Å²) in [5.74, 6) is 1.11. The van der Waals surface area contributed by atoms with Crippen LogP contribution in [0.2, 0.25) is 0 Å². The number of nitrogens with one attached hydrogen (secondary N) is 1.